The third-order valence-corrected chi connectivity index (χ3v) is 6.71. The van der Waals surface area contributed by atoms with Crippen LogP contribution in [-0.4, -0.2) is 24.1 Å². The molecule has 3 aromatic heterocycles. The van der Waals surface area contributed by atoms with Crippen molar-refractivity contribution in [2.75, 3.05) is 0 Å². The van der Waals surface area contributed by atoms with Crippen LogP contribution < -0.4 is 5.56 Å². The van der Waals surface area contributed by atoms with E-state index in [0.717, 1.165) is 22.0 Å². The van der Waals surface area contributed by atoms with Crippen molar-refractivity contribution < 1.29 is 0 Å². The number of aromatic nitrogens is 5. The molecule has 0 saturated heterocycles. The molecule has 0 N–H and O–H groups in total. The first kappa shape index (κ1) is 19.0. The van der Waals surface area contributed by atoms with Crippen molar-refractivity contribution in [3.05, 3.63) is 94.0 Å². The van der Waals surface area contributed by atoms with Gasteiger partial charge in [-0.05, 0) is 35.0 Å². The van der Waals surface area contributed by atoms with Crippen LogP contribution in [0.5, 0.6) is 0 Å². The van der Waals surface area contributed by atoms with Gasteiger partial charge >= 0.3 is 0 Å². The van der Waals surface area contributed by atoms with Crippen LogP contribution in [0.3, 0.4) is 0 Å². The summed E-state index contributed by atoms with van der Waals surface area (Å²) in [6, 6.07) is 19.3. The number of nitrogens with zero attached hydrogens (tertiary/aromatic N) is 5. The van der Waals surface area contributed by atoms with E-state index >= 15 is 0 Å². The van der Waals surface area contributed by atoms with Crippen LogP contribution >= 0.6 is 34.7 Å². The fourth-order valence-electron chi connectivity index (χ4n) is 3.06. The molecule has 2 aromatic carbocycles. The second-order valence-corrected chi connectivity index (χ2v) is 9.06. The van der Waals surface area contributed by atoms with Crippen LogP contribution in [0.2, 0.25) is 5.02 Å². The zero-order valence-corrected chi connectivity index (χ0v) is 17.9. The van der Waals surface area contributed by atoms with Gasteiger partial charge in [0.1, 0.15) is 0 Å². The van der Waals surface area contributed by atoms with Crippen LogP contribution in [0, 0.1) is 0 Å². The Bertz CT molecular complexity index is 1380. The minimum Gasteiger partial charge on any atom is -0.314 e. The average molecular weight is 452 g/mol. The topological polar surface area (TPSA) is 65.1 Å². The molecule has 0 radical (unpaired) electrons. The van der Waals surface area contributed by atoms with Crippen molar-refractivity contribution in [2.45, 2.75) is 16.0 Å². The third kappa shape index (κ3) is 3.77. The van der Waals surface area contributed by atoms with E-state index in [-0.39, 0.29) is 5.56 Å². The van der Waals surface area contributed by atoms with Crippen LogP contribution in [0.4, 0.5) is 0 Å². The van der Waals surface area contributed by atoms with Gasteiger partial charge in [-0.3, -0.25) is 4.79 Å². The molecule has 5 rings (SSSR count). The van der Waals surface area contributed by atoms with Crippen molar-refractivity contribution in [3.8, 4) is 11.3 Å². The van der Waals surface area contributed by atoms with Gasteiger partial charge in [-0.15, -0.1) is 5.10 Å². The number of benzene rings is 2. The summed E-state index contributed by atoms with van der Waals surface area (Å²) < 4.78 is 4.16. The molecule has 0 aliphatic heterocycles. The summed E-state index contributed by atoms with van der Waals surface area (Å²) in [6.45, 7) is 0.657. The maximum Gasteiger partial charge on any atom is 0.275 e. The molecule has 0 aliphatic rings. The van der Waals surface area contributed by atoms with E-state index < -0.39 is 0 Å². The summed E-state index contributed by atoms with van der Waals surface area (Å²) in [5.41, 5.74) is 2.97. The Balaban J connectivity index is 1.57. The molecule has 148 valence electrons. The second-order valence-electron chi connectivity index (χ2n) is 6.45. The van der Waals surface area contributed by atoms with Crippen LogP contribution in [-0.2, 0) is 6.54 Å². The summed E-state index contributed by atoms with van der Waals surface area (Å²) in [6.07, 6.45) is 3.35. The highest BCUT2D eigenvalue weighted by atomic mass is 35.5. The van der Waals surface area contributed by atoms with Gasteiger partial charge in [0.05, 0.1) is 18.4 Å². The van der Waals surface area contributed by atoms with Crippen molar-refractivity contribution in [1.82, 2.24) is 24.1 Å². The maximum atomic E-state index is 12.0. The third-order valence-electron chi connectivity index (χ3n) is 4.47. The van der Waals surface area contributed by atoms with Gasteiger partial charge in [-0.2, -0.15) is 4.52 Å². The minimum atomic E-state index is -0.197. The Kier molecular flexibility index (Phi) is 5.12. The molecule has 9 heteroatoms. The Morgan fingerprint density at radius 1 is 1.00 bits per heavy atom. The Labute approximate surface area is 184 Å². The molecule has 0 spiro atoms. The Morgan fingerprint density at radius 3 is 2.57 bits per heavy atom. The van der Waals surface area contributed by atoms with Gasteiger partial charge in [-0.25, -0.2) is 9.97 Å². The molecule has 0 atom stereocenters. The van der Waals surface area contributed by atoms with E-state index in [1.165, 1.54) is 39.9 Å². The largest absolute Gasteiger partial charge is 0.314 e. The minimum absolute atomic E-state index is 0.197. The number of hydrogen-bond acceptors (Lipinski definition) is 6. The van der Waals surface area contributed by atoms with Crippen molar-refractivity contribution in [2.24, 2.45) is 0 Å². The molecule has 3 heterocycles. The highest BCUT2D eigenvalue weighted by molar-refractivity contribution is 8.01. The average Bonchev–Trinajstić information content (AvgIpc) is 3.35. The fourth-order valence-corrected chi connectivity index (χ4v) is 5.06. The summed E-state index contributed by atoms with van der Waals surface area (Å²) in [5.74, 6) is 0. The summed E-state index contributed by atoms with van der Waals surface area (Å²) in [7, 11) is 0. The molecule has 5 aromatic rings. The normalized spacial score (nSPS) is 11.2. The fraction of sp³-hybridized carbons (Fsp3) is 0.0476. The quantitative estimate of drug-likeness (QED) is 0.381. The first-order valence-electron chi connectivity index (χ1n) is 9.05. The van der Waals surface area contributed by atoms with Crippen molar-refractivity contribution in [1.29, 1.82) is 0 Å². The van der Waals surface area contributed by atoms with Crippen molar-refractivity contribution in [3.63, 3.8) is 0 Å². The van der Waals surface area contributed by atoms with E-state index in [1.54, 1.807) is 0 Å². The Hall–Kier alpha value is -2.94. The maximum absolute atomic E-state index is 12.0. The lowest BCUT2D eigenvalue weighted by molar-refractivity contribution is 0.714. The van der Waals surface area contributed by atoms with Gasteiger partial charge in [0.25, 0.3) is 5.56 Å². The summed E-state index contributed by atoms with van der Waals surface area (Å²) in [4.78, 5) is 21.4. The van der Waals surface area contributed by atoms with Crippen LogP contribution in [0.25, 0.3) is 16.2 Å². The summed E-state index contributed by atoms with van der Waals surface area (Å²) in [5, 5.41) is 5.88. The highest BCUT2D eigenvalue weighted by Gasteiger charge is 2.16. The lowest BCUT2D eigenvalue weighted by atomic mass is 10.1. The van der Waals surface area contributed by atoms with Gasteiger partial charge < -0.3 is 4.57 Å². The first-order valence-corrected chi connectivity index (χ1v) is 11.1. The van der Waals surface area contributed by atoms with E-state index in [9.17, 15) is 4.79 Å². The number of imidazole rings is 1. The Morgan fingerprint density at radius 2 is 1.80 bits per heavy atom. The number of halogens is 1. The number of fused-ring (bicyclic) bond motifs is 1. The van der Waals surface area contributed by atoms with Crippen molar-refractivity contribution >= 4 is 39.7 Å². The molecule has 0 amide bonds. The number of hydrogen-bond donors (Lipinski definition) is 0. The summed E-state index contributed by atoms with van der Waals surface area (Å²) >= 11 is 8.85. The zero-order chi connectivity index (χ0) is 20.5. The molecule has 0 aliphatic carbocycles. The molecular formula is C21H14ClN5OS2. The van der Waals surface area contributed by atoms with Gasteiger partial charge in [-0.1, -0.05) is 65.4 Å². The lowest BCUT2D eigenvalue weighted by Crippen LogP contribution is -2.12. The molecular weight excluding hydrogens is 438 g/mol. The monoisotopic (exact) mass is 451 g/mol. The standard InChI is InChI=1S/C21H14ClN5OS2/c22-16-8-6-15(7-9-16)17-12-24-19(26(17)13-14-4-2-1-3-5-14)29-21-25-27-18(28)10-11-23-20(27)30-21/h1-12H,13H2. The van der Waals surface area contributed by atoms with Crippen LogP contribution in [0.15, 0.2) is 87.3 Å². The molecule has 0 unspecified atom stereocenters. The molecule has 0 saturated carbocycles. The lowest BCUT2D eigenvalue weighted by Gasteiger charge is -2.11. The predicted octanol–water partition coefficient (Wildman–Crippen LogP) is 4.87. The first-order chi connectivity index (χ1) is 14.7. The zero-order valence-electron chi connectivity index (χ0n) is 15.5. The van der Waals surface area contributed by atoms with Gasteiger partial charge in [0, 0.05) is 17.3 Å². The predicted molar refractivity (Wildman–Crippen MR) is 119 cm³/mol. The molecule has 0 bridgehead atoms. The van der Waals surface area contributed by atoms with Crippen LogP contribution in [0.1, 0.15) is 5.56 Å². The highest BCUT2D eigenvalue weighted by Crippen LogP contribution is 2.33. The smallest absolute Gasteiger partial charge is 0.275 e. The van der Waals surface area contributed by atoms with E-state index in [4.69, 9.17) is 11.6 Å². The molecule has 0 fully saturated rings. The SMILES string of the molecule is O=c1ccnc2sc(Sc3ncc(-c4ccc(Cl)cc4)n3Cc3ccccc3)nn12. The number of rotatable bonds is 5. The van der Waals surface area contributed by atoms with Gasteiger partial charge in [0.2, 0.25) is 4.96 Å². The van der Waals surface area contributed by atoms with E-state index in [1.807, 2.05) is 48.7 Å². The molecule has 6 nitrogen and oxygen atoms in total. The van der Waals surface area contributed by atoms with Gasteiger partial charge in [0.15, 0.2) is 9.50 Å². The molecule has 30 heavy (non-hydrogen) atoms. The van der Waals surface area contributed by atoms with E-state index in [0.29, 0.717) is 20.9 Å². The second kappa shape index (κ2) is 8.06. The van der Waals surface area contributed by atoms with E-state index in [2.05, 4.69) is 31.8 Å².